The summed E-state index contributed by atoms with van der Waals surface area (Å²) in [5.74, 6) is -0.361. The fraction of sp³-hybridized carbons (Fsp3) is 0.526. The number of carbonyl (C=O) groups is 1. The van der Waals surface area contributed by atoms with Crippen molar-refractivity contribution in [2.75, 3.05) is 21.3 Å². The number of ether oxygens (including phenoxy) is 3. The third kappa shape index (κ3) is 3.48. The monoisotopic (exact) mass is 318 g/mol. The maximum Gasteiger partial charge on any atom is 0.198 e. The zero-order chi connectivity index (χ0) is 16.9. The van der Waals surface area contributed by atoms with Crippen molar-refractivity contribution in [2.24, 2.45) is 0 Å². The summed E-state index contributed by atoms with van der Waals surface area (Å²) in [5.41, 5.74) is 2.51. The van der Waals surface area contributed by atoms with E-state index in [0.717, 1.165) is 24.8 Å². The van der Waals surface area contributed by atoms with Gasteiger partial charge in [0.1, 0.15) is 5.75 Å². The topological polar surface area (TPSA) is 44.8 Å². The number of Topliss-reactive ketones (excluding diaryl/α,β-unsaturated/α-hetero) is 1. The Morgan fingerprint density at radius 2 is 1.91 bits per heavy atom. The number of unbranched alkanes of at least 4 members (excludes halogenated alkanes) is 1. The number of allylic oxidation sites excluding steroid dienone is 1. The van der Waals surface area contributed by atoms with Crippen molar-refractivity contribution < 1.29 is 19.0 Å². The molecule has 126 valence electrons. The van der Waals surface area contributed by atoms with Crippen molar-refractivity contribution in [3.8, 4) is 5.75 Å². The lowest BCUT2D eigenvalue weighted by molar-refractivity contribution is -0.215. The molecule has 0 spiro atoms. The van der Waals surface area contributed by atoms with Crippen molar-refractivity contribution >= 4 is 5.78 Å². The molecule has 1 aromatic carbocycles. The van der Waals surface area contributed by atoms with Gasteiger partial charge in [-0.25, -0.2) is 0 Å². The Morgan fingerprint density at radius 1 is 1.17 bits per heavy atom. The van der Waals surface area contributed by atoms with Gasteiger partial charge in [-0.05, 0) is 18.9 Å². The van der Waals surface area contributed by atoms with Gasteiger partial charge in [-0.1, -0.05) is 37.1 Å². The molecule has 0 radical (unpaired) electrons. The van der Waals surface area contributed by atoms with Crippen LogP contribution in [-0.4, -0.2) is 27.1 Å². The van der Waals surface area contributed by atoms with Gasteiger partial charge in [-0.15, -0.1) is 0 Å². The Bertz CT molecular complexity index is 585. The van der Waals surface area contributed by atoms with Crippen molar-refractivity contribution in [3.05, 3.63) is 41.0 Å². The molecule has 2 rings (SSSR count). The van der Waals surface area contributed by atoms with Gasteiger partial charge in [0.2, 0.25) is 0 Å². The van der Waals surface area contributed by atoms with Gasteiger partial charge in [-0.2, -0.15) is 0 Å². The molecular weight excluding hydrogens is 292 g/mol. The molecule has 1 aliphatic rings. The number of methoxy groups -OCH3 is 3. The fourth-order valence-corrected chi connectivity index (χ4v) is 3.15. The van der Waals surface area contributed by atoms with Crippen molar-refractivity contribution in [1.82, 2.24) is 0 Å². The molecule has 0 saturated carbocycles. The van der Waals surface area contributed by atoms with Gasteiger partial charge in [0.15, 0.2) is 11.6 Å². The molecule has 0 fully saturated rings. The second-order valence-electron chi connectivity index (χ2n) is 5.81. The summed E-state index contributed by atoms with van der Waals surface area (Å²) in [4.78, 5) is 12.7. The van der Waals surface area contributed by atoms with E-state index in [9.17, 15) is 4.79 Å². The Hall–Kier alpha value is -1.65. The van der Waals surface area contributed by atoms with Crippen LogP contribution >= 0.6 is 0 Å². The lowest BCUT2D eigenvalue weighted by Gasteiger charge is -2.35. The first-order chi connectivity index (χ1) is 11.1. The van der Waals surface area contributed by atoms with Gasteiger partial charge >= 0.3 is 0 Å². The number of hydrogen-bond donors (Lipinski definition) is 0. The van der Waals surface area contributed by atoms with Crippen LogP contribution in [0.4, 0.5) is 0 Å². The third-order valence-electron chi connectivity index (χ3n) is 4.48. The molecule has 0 aromatic heterocycles. The highest BCUT2D eigenvalue weighted by Gasteiger charge is 2.38. The van der Waals surface area contributed by atoms with Crippen LogP contribution in [0.1, 0.15) is 54.9 Å². The molecule has 4 heteroatoms. The van der Waals surface area contributed by atoms with E-state index >= 15 is 0 Å². The van der Waals surface area contributed by atoms with Gasteiger partial charge in [0.05, 0.1) is 12.7 Å². The lowest BCUT2D eigenvalue weighted by atomic mass is 9.85. The summed E-state index contributed by atoms with van der Waals surface area (Å²) in [7, 11) is 4.82. The van der Waals surface area contributed by atoms with Crippen molar-refractivity contribution in [3.63, 3.8) is 0 Å². The lowest BCUT2D eigenvalue weighted by Crippen LogP contribution is -2.34. The highest BCUT2D eigenvalue weighted by Crippen LogP contribution is 2.41. The average molecular weight is 318 g/mol. The van der Waals surface area contributed by atoms with Crippen LogP contribution in [0.15, 0.2) is 29.8 Å². The highest BCUT2D eigenvalue weighted by molar-refractivity contribution is 6.01. The van der Waals surface area contributed by atoms with E-state index in [0.29, 0.717) is 24.2 Å². The van der Waals surface area contributed by atoms with E-state index in [2.05, 4.69) is 6.92 Å². The predicted molar refractivity (Wildman–Crippen MR) is 89.9 cm³/mol. The third-order valence-corrected chi connectivity index (χ3v) is 4.48. The van der Waals surface area contributed by atoms with Crippen LogP contribution in [0, 0.1) is 0 Å². The number of benzene rings is 1. The molecule has 0 saturated heterocycles. The van der Waals surface area contributed by atoms with E-state index in [1.807, 2.05) is 18.2 Å². The molecule has 0 bridgehead atoms. The molecule has 0 aliphatic heterocycles. The SMILES string of the molecule is CCCC/C1=C/CC(=O)c2c(OC)cccc2C(OC)(OC)C1. The molecule has 0 atom stereocenters. The summed E-state index contributed by atoms with van der Waals surface area (Å²) >= 11 is 0. The van der Waals surface area contributed by atoms with E-state index in [-0.39, 0.29) is 5.78 Å². The summed E-state index contributed by atoms with van der Waals surface area (Å²) < 4.78 is 17.0. The van der Waals surface area contributed by atoms with Crippen LogP contribution < -0.4 is 4.74 Å². The first kappa shape index (κ1) is 17.7. The van der Waals surface area contributed by atoms with Crippen molar-refractivity contribution in [1.29, 1.82) is 0 Å². The van der Waals surface area contributed by atoms with Crippen LogP contribution in [0.25, 0.3) is 0 Å². The molecule has 0 N–H and O–H groups in total. The summed E-state index contributed by atoms with van der Waals surface area (Å²) in [6, 6.07) is 5.57. The molecular formula is C19H26O4. The number of fused-ring (bicyclic) bond motifs is 1. The maximum atomic E-state index is 12.7. The second-order valence-corrected chi connectivity index (χ2v) is 5.81. The van der Waals surface area contributed by atoms with E-state index in [1.165, 1.54) is 5.57 Å². The van der Waals surface area contributed by atoms with E-state index in [1.54, 1.807) is 27.4 Å². The quantitative estimate of drug-likeness (QED) is 0.581. The van der Waals surface area contributed by atoms with Gasteiger partial charge in [-0.3, -0.25) is 4.79 Å². The predicted octanol–water partition coefficient (Wildman–Crippen LogP) is 4.23. The smallest absolute Gasteiger partial charge is 0.198 e. The highest BCUT2D eigenvalue weighted by atomic mass is 16.7. The van der Waals surface area contributed by atoms with Crippen LogP contribution in [-0.2, 0) is 15.3 Å². The fourth-order valence-electron chi connectivity index (χ4n) is 3.15. The summed E-state index contributed by atoms with van der Waals surface area (Å²) in [5, 5.41) is 0. The van der Waals surface area contributed by atoms with Crippen LogP contribution in [0.5, 0.6) is 5.75 Å². The number of rotatable bonds is 6. The number of carbonyl (C=O) groups excluding carboxylic acids is 1. The normalized spacial score (nSPS) is 19.3. The molecule has 0 heterocycles. The molecule has 23 heavy (non-hydrogen) atoms. The van der Waals surface area contributed by atoms with Gasteiger partial charge in [0.25, 0.3) is 0 Å². The average Bonchev–Trinajstić information content (AvgIpc) is 2.59. The summed E-state index contributed by atoms with van der Waals surface area (Å²) in [6.07, 6.45) is 6.19. The van der Waals surface area contributed by atoms with Crippen molar-refractivity contribution in [2.45, 2.75) is 44.8 Å². The Morgan fingerprint density at radius 3 is 2.52 bits per heavy atom. The maximum absolute atomic E-state index is 12.7. The second kappa shape index (κ2) is 7.75. The molecule has 1 aliphatic carbocycles. The molecule has 0 amide bonds. The first-order valence-electron chi connectivity index (χ1n) is 8.10. The zero-order valence-corrected chi connectivity index (χ0v) is 14.5. The number of hydrogen-bond acceptors (Lipinski definition) is 4. The minimum atomic E-state index is -0.959. The minimum absolute atomic E-state index is 0.0321. The Balaban J connectivity index is 2.57. The van der Waals surface area contributed by atoms with Crippen LogP contribution in [0.2, 0.25) is 0 Å². The van der Waals surface area contributed by atoms with Gasteiger partial charge < -0.3 is 14.2 Å². The van der Waals surface area contributed by atoms with Crippen LogP contribution in [0.3, 0.4) is 0 Å². The molecule has 0 unspecified atom stereocenters. The standard InChI is InChI=1S/C19H26O4/c1-5-6-8-14-11-12-16(20)18-15(9-7-10-17(18)21-2)19(13-14,22-3)23-4/h7,9-11H,5-6,8,12-13H2,1-4H3/b14-11-. The molecule has 4 nitrogen and oxygen atoms in total. The Labute approximate surface area is 138 Å². The Kier molecular flexibility index (Phi) is 5.97. The van der Waals surface area contributed by atoms with Gasteiger partial charge in [0, 0.05) is 32.6 Å². The first-order valence-corrected chi connectivity index (χ1v) is 8.10. The number of ketones is 1. The largest absolute Gasteiger partial charge is 0.496 e. The van der Waals surface area contributed by atoms with E-state index in [4.69, 9.17) is 14.2 Å². The zero-order valence-electron chi connectivity index (χ0n) is 14.5. The summed E-state index contributed by atoms with van der Waals surface area (Å²) in [6.45, 7) is 2.16. The minimum Gasteiger partial charge on any atom is -0.496 e. The molecule has 1 aromatic rings. The van der Waals surface area contributed by atoms with E-state index < -0.39 is 5.79 Å².